The summed E-state index contributed by atoms with van der Waals surface area (Å²) < 4.78 is 38.4. The summed E-state index contributed by atoms with van der Waals surface area (Å²) in [5.41, 5.74) is 0. The monoisotopic (exact) mass is 998 g/mol. The number of esters is 6. The smallest absolute Gasteiger partial charge is 0.410 e. The Kier molecular flexibility index (Phi) is 40.0. The highest BCUT2D eigenvalue weighted by atomic mass is 16.6. The van der Waals surface area contributed by atoms with Gasteiger partial charge in [-0.25, -0.2) is 4.79 Å². The van der Waals surface area contributed by atoms with E-state index in [2.05, 4.69) is 27.7 Å². The van der Waals surface area contributed by atoms with Crippen molar-refractivity contribution >= 4 is 41.9 Å². The van der Waals surface area contributed by atoms with E-state index in [1.165, 1.54) is 40.4 Å². The summed E-state index contributed by atoms with van der Waals surface area (Å²) in [5, 5.41) is 0. The molecule has 1 aliphatic rings. The number of hydrogen-bond acceptors (Lipinski definition) is 16. The molecule has 17 nitrogen and oxygen atoms in total. The molecule has 1 rings (SSSR count). The van der Waals surface area contributed by atoms with E-state index in [1.54, 1.807) is 6.92 Å². The second-order valence-electron chi connectivity index (χ2n) is 18.6. The Bertz CT molecular complexity index is 1260. The molecule has 2 atom stereocenters. The minimum absolute atomic E-state index is 0.0755. The van der Waals surface area contributed by atoms with Crippen molar-refractivity contribution in [1.82, 2.24) is 14.7 Å². The van der Waals surface area contributed by atoms with Crippen LogP contribution in [0.4, 0.5) is 4.79 Å². The molecule has 0 radical (unpaired) electrons. The average Bonchev–Trinajstić information content (AvgIpc) is 3.74. The van der Waals surface area contributed by atoms with Crippen molar-refractivity contribution < 1.29 is 66.7 Å². The van der Waals surface area contributed by atoms with E-state index in [0.29, 0.717) is 12.8 Å². The van der Waals surface area contributed by atoms with E-state index in [0.717, 1.165) is 128 Å². The van der Waals surface area contributed by atoms with Crippen molar-refractivity contribution in [1.29, 1.82) is 0 Å². The zero-order valence-electron chi connectivity index (χ0n) is 44.3. The summed E-state index contributed by atoms with van der Waals surface area (Å²) in [7, 11) is 0. The Morgan fingerprint density at radius 3 is 0.843 bits per heavy atom. The van der Waals surface area contributed by atoms with E-state index >= 15 is 0 Å². The predicted molar refractivity (Wildman–Crippen MR) is 268 cm³/mol. The second kappa shape index (κ2) is 43.8. The van der Waals surface area contributed by atoms with E-state index in [4.69, 9.17) is 33.2 Å². The fraction of sp³-hybridized carbons (Fsp3) is 0.868. The molecule has 0 unspecified atom stereocenters. The minimum Gasteiger partial charge on any atom is -0.465 e. The summed E-state index contributed by atoms with van der Waals surface area (Å²) >= 11 is 0. The van der Waals surface area contributed by atoms with Crippen molar-refractivity contribution in [3.8, 4) is 0 Å². The molecule has 0 aromatic heterocycles. The molecule has 1 fully saturated rings. The van der Waals surface area contributed by atoms with Crippen LogP contribution in [0.5, 0.6) is 0 Å². The van der Waals surface area contributed by atoms with Crippen molar-refractivity contribution in [2.45, 2.75) is 214 Å². The predicted octanol–water partition coefficient (Wildman–Crippen LogP) is 9.28. The Morgan fingerprint density at radius 2 is 0.586 bits per heavy atom. The van der Waals surface area contributed by atoms with Crippen LogP contribution in [0.2, 0.25) is 0 Å². The van der Waals surface area contributed by atoms with Crippen molar-refractivity contribution in [3.05, 3.63) is 0 Å². The summed E-state index contributed by atoms with van der Waals surface area (Å²) in [6.07, 6.45) is 24.8. The van der Waals surface area contributed by atoms with Crippen LogP contribution in [0.3, 0.4) is 0 Å². The number of unbranched alkanes of at least 4 members (excludes halogenated alkanes) is 20. The highest BCUT2D eigenvalue weighted by molar-refractivity contribution is 5.79. The lowest BCUT2D eigenvalue weighted by Crippen LogP contribution is -2.47. The first-order chi connectivity index (χ1) is 34.0. The molecule has 0 bridgehead atoms. The first-order valence-electron chi connectivity index (χ1n) is 27.3. The van der Waals surface area contributed by atoms with E-state index in [9.17, 15) is 33.6 Å². The van der Waals surface area contributed by atoms with Gasteiger partial charge in [-0.3, -0.25) is 43.5 Å². The molecule has 0 aliphatic carbocycles. The highest BCUT2D eigenvalue weighted by Gasteiger charge is 2.39. The molecule has 0 aromatic rings. The number of likely N-dealkylation sites (tertiary alicyclic amines) is 1. The van der Waals surface area contributed by atoms with Crippen molar-refractivity contribution in [2.24, 2.45) is 0 Å². The molecule has 1 heterocycles. The molecule has 17 heteroatoms. The molecule has 0 N–H and O–H groups in total. The third-order valence-corrected chi connectivity index (χ3v) is 12.1. The molecular formula is C53H95N3O14. The molecule has 0 aromatic carbocycles. The van der Waals surface area contributed by atoms with E-state index in [-0.39, 0.29) is 72.4 Å². The Hall–Kier alpha value is -3.99. The van der Waals surface area contributed by atoms with Gasteiger partial charge in [-0.2, -0.15) is 0 Å². The molecule has 0 saturated carbocycles. The van der Waals surface area contributed by atoms with Gasteiger partial charge in [0.05, 0.1) is 84.4 Å². The molecule has 0 spiro atoms. The van der Waals surface area contributed by atoms with Gasteiger partial charge >= 0.3 is 41.9 Å². The lowest BCUT2D eigenvalue weighted by Gasteiger charge is -2.29. The number of rotatable bonds is 45. The van der Waals surface area contributed by atoms with Gasteiger partial charge in [0, 0.05) is 0 Å². The quantitative estimate of drug-likeness (QED) is 0.0318. The van der Waals surface area contributed by atoms with Crippen LogP contribution in [0.25, 0.3) is 0 Å². The van der Waals surface area contributed by atoms with Gasteiger partial charge in [-0.1, -0.05) is 156 Å². The molecular weight excluding hydrogens is 903 g/mol. The standard InChI is InChI=1S/C53H95N3O14/c1-6-11-15-19-23-27-33-65-47(57)37-54(38-48(58)66-34-28-24-20-16-12-7-2)41-51(61)69-43-45-31-32-46(56(45)53(63)64-10-5)44-70-52(62)42-55(39-49(59)67-35-29-25-21-17-13-8-3)40-50(60)68-36-30-26-22-18-14-9-4/h45-46H,6-44H2,1-5H3/t45-,46+. The molecule has 1 saturated heterocycles. The van der Waals surface area contributed by atoms with Crippen LogP contribution >= 0.6 is 0 Å². The van der Waals surface area contributed by atoms with Crippen LogP contribution in [-0.4, -0.2) is 154 Å². The third-order valence-electron chi connectivity index (χ3n) is 12.1. The lowest BCUT2D eigenvalue weighted by atomic mass is 10.1. The van der Waals surface area contributed by atoms with Crippen LogP contribution in [-0.2, 0) is 61.9 Å². The molecule has 1 amide bonds. The number of hydrogen-bond donors (Lipinski definition) is 0. The number of amides is 1. The number of carbonyl (C=O) groups excluding carboxylic acids is 7. The third kappa shape index (κ3) is 34.4. The van der Waals surface area contributed by atoms with E-state index < -0.39 is 67.1 Å². The van der Waals surface area contributed by atoms with Crippen LogP contribution in [0, 0.1) is 0 Å². The summed E-state index contributed by atoms with van der Waals surface area (Å²) in [4.78, 5) is 95.3. The van der Waals surface area contributed by atoms with Crippen LogP contribution in [0.1, 0.15) is 202 Å². The van der Waals surface area contributed by atoms with Crippen molar-refractivity contribution in [3.63, 3.8) is 0 Å². The molecule has 70 heavy (non-hydrogen) atoms. The fourth-order valence-electron chi connectivity index (χ4n) is 8.14. The van der Waals surface area contributed by atoms with Gasteiger partial charge in [0.25, 0.3) is 0 Å². The minimum atomic E-state index is -0.720. The summed E-state index contributed by atoms with van der Waals surface area (Å²) in [6, 6.07) is -1.24. The van der Waals surface area contributed by atoms with E-state index in [1.807, 2.05) is 0 Å². The number of carbonyl (C=O) groups is 7. The maximum Gasteiger partial charge on any atom is 0.410 e. The van der Waals surface area contributed by atoms with Gasteiger partial charge in [-0.05, 0) is 45.4 Å². The van der Waals surface area contributed by atoms with Crippen LogP contribution < -0.4 is 0 Å². The number of ether oxygens (including phenoxy) is 7. The zero-order valence-corrected chi connectivity index (χ0v) is 44.3. The summed E-state index contributed by atoms with van der Waals surface area (Å²) in [6.45, 7) is 8.81. The summed E-state index contributed by atoms with van der Waals surface area (Å²) in [5.74, 6) is -3.71. The maximum absolute atomic E-state index is 13.3. The molecule has 406 valence electrons. The average molecular weight is 998 g/mol. The fourth-order valence-corrected chi connectivity index (χ4v) is 8.14. The van der Waals surface area contributed by atoms with Gasteiger partial charge in [0.1, 0.15) is 13.2 Å². The van der Waals surface area contributed by atoms with Crippen LogP contribution in [0.15, 0.2) is 0 Å². The second-order valence-corrected chi connectivity index (χ2v) is 18.6. The largest absolute Gasteiger partial charge is 0.465 e. The topological polar surface area (TPSA) is 194 Å². The van der Waals surface area contributed by atoms with Gasteiger partial charge in [0.2, 0.25) is 0 Å². The van der Waals surface area contributed by atoms with Gasteiger partial charge in [0.15, 0.2) is 0 Å². The number of nitrogens with zero attached hydrogens (tertiary/aromatic N) is 3. The normalized spacial score (nSPS) is 14.4. The SMILES string of the molecule is CCCCCCCCOC(=O)CN(CC(=O)OCCCCCCCC)CC(=O)OC[C@H]1CC[C@@H](COC(=O)CN(CC(=O)OCCCCCCCC)CC(=O)OCCCCCCCC)N1C(=O)OCC. The first kappa shape index (κ1) is 64.0. The zero-order chi connectivity index (χ0) is 51.5. The van der Waals surface area contributed by atoms with Crippen molar-refractivity contribution in [2.75, 3.05) is 85.5 Å². The maximum atomic E-state index is 13.3. The Labute approximate surface area is 421 Å². The highest BCUT2D eigenvalue weighted by Crippen LogP contribution is 2.26. The molecule has 1 aliphatic heterocycles. The van der Waals surface area contributed by atoms with Gasteiger partial charge in [-0.15, -0.1) is 0 Å². The lowest BCUT2D eigenvalue weighted by molar-refractivity contribution is -0.154. The first-order valence-corrected chi connectivity index (χ1v) is 27.3. The Morgan fingerprint density at radius 1 is 0.343 bits per heavy atom. The van der Waals surface area contributed by atoms with Gasteiger partial charge < -0.3 is 33.2 Å². The Balaban J connectivity index is 2.90.